The van der Waals surface area contributed by atoms with Crippen LogP contribution in [-0.4, -0.2) is 34.4 Å². The fraction of sp³-hybridized carbons (Fsp3) is 0.423. The van der Waals surface area contributed by atoms with Crippen molar-refractivity contribution in [2.45, 2.75) is 63.7 Å². The maximum atomic E-state index is 14.0. The lowest BCUT2D eigenvalue weighted by molar-refractivity contribution is -0.173. The summed E-state index contributed by atoms with van der Waals surface area (Å²) in [5, 5.41) is 10.2. The van der Waals surface area contributed by atoms with Crippen molar-refractivity contribution < 1.29 is 27.5 Å². The highest BCUT2D eigenvalue weighted by atomic mass is 32.1. The number of benzene rings is 1. The van der Waals surface area contributed by atoms with Gasteiger partial charge in [0.15, 0.2) is 6.04 Å². The van der Waals surface area contributed by atoms with Gasteiger partial charge in [0, 0.05) is 11.3 Å². The molecule has 1 aliphatic heterocycles. The highest BCUT2D eigenvalue weighted by Crippen LogP contribution is 2.45. The first-order valence-corrected chi connectivity index (χ1v) is 13.2. The molecule has 1 aromatic carbocycles. The van der Waals surface area contributed by atoms with E-state index in [0.717, 1.165) is 47.0 Å². The van der Waals surface area contributed by atoms with Crippen molar-refractivity contribution in [2.24, 2.45) is 0 Å². The molecule has 3 aromatic rings. The molecule has 2 N–H and O–H groups in total. The van der Waals surface area contributed by atoms with Gasteiger partial charge in [-0.1, -0.05) is 37.3 Å². The minimum Gasteiger partial charge on any atom is -0.462 e. The van der Waals surface area contributed by atoms with Gasteiger partial charge in [-0.2, -0.15) is 18.3 Å². The quantitative estimate of drug-likeness (QED) is 0.364. The number of amides is 1. The van der Waals surface area contributed by atoms with Crippen LogP contribution in [-0.2, 0) is 17.6 Å². The van der Waals surface area contributed by atoms with Gasteiger partial charge in [0.05, 0.1) is 24.4 Å². The van der Waals surface area contributed by atoms with Gasteiger partial charge in [-0.25, -0.2) is 9.48 Å². The summed E-state index contributed by atoms with van der Waals surface area (Å²) >= 11 is 1.33. The van der Waals surface area contributed by atoms with E-state index in [2.05, 4.69) is 15.7 Å². The van der Waals surface area contributed by atoms with E-state index in [1.54, 1.807) is 30.3 Å². The summed E-state index contributed by atoms with van der Waals surface area (Å²) in [7, 11) is 0. The van der Waals surface area contributed by atoms with E-state index in [9.17, 15) is 22.8 Å². The van der Waals surface area contributed by atoms with Crippen LogP contribution in [0.2, 0.25) is 0 Å². The number of carbonyl (C=O) groups excluding carboxylic acids is 2. The Balaban J connectivity index is 1.48. The van der Waals surface area contributed by atoms with Gasteiger partial charge in [0.25, 0.3) is 5.91 Å². The molecule has 0 saturated carbocycles. The Morgan fingerprint density at radius 1 is 1.22 bits per heavy atom. The maximum absolute atomic E-state index is 14.0. The van der Waals surface area contributed by atoms with Crippen LogP contribution in [0.1, 0.15) is 81.4 Å². The lowest BCUT2D eigenvalue weighted by Gasteiger charge is -2.34. The number of hydrogen-bond donors (Lipinski definition) is 2. The monoisotopic (exact) mass is 532 g/mol. The molecule has 196 valence electrons. The Kier molecular flexibility index (Phi) is 6.98. The number of nitrogens with zero attached hydrogens (tertiary/aromatic N) is 2. The second-order valence-corrected chi connectivity index (χ2v) is 10.4. The Morgan fingerprint density at radius 2 is 1.97 bits per heavy atom. The van der Waals surface area contributed by atoms with Crippen molar-refractivity contribution in [3.8, 4) is 0 Å². The molecule has 1 aliphatic carbocycles. The first kappa shape index (κ1) is 25.3. The second kappa shape index (κ2) is 10.2. The molecule has 0 radical (unpaired) electrons. The predicted octanol–water partition coefficient (Wildman–Crippen LogP) is 6.30. The smallest absolute Gasteiger partial charge is 0.410 e. The molecule has 7 nitrogen and oxygen atoms in total. The molecular weight excluding hydrogens is 505 g/mol. The summed E-state index contributed by atoms with van der Waals surface area (Å²) in [5.74, 6) is -1.13. The van der Waals surface area contributed by atoms with E-state index in [0.29, 0.717) is 22.5 Å². The van der Waals surface area contributed by atoms with Crippen molar-refractivity contribution in [1.82, 2.24) is 9.78 Å². The lowest BCUT2D eigenvalue weighted by atomic mass is 9.95. The molecule has 37 heavy (non-hydrogen) atoms. The zero-order chi connectivity index (χ0) is 26.2. The summed E-state index contributed by atoms with van der Waals surface area (Å²) < 4.78 is 48.2. The third kappa shape index (κ3) is 4.96. The van der Waals surface area contributed by atoms with Crippen molar-refractivity contribution in [3.63, 3.8) is 0 Å². The average molecular weight is 533 g/mol. The van der Waals surface area contributed by atoms with Gasteiger partial charge in [-0.05, 0) is 43.2 Å². The number of nitrogens with one attached hydrogen (secondary N) is 2. The SMILES string of the molecule is CCCOC(=O)c1c(NC(=O)c2cnn3c2NC(c2ccccc2)CC3C(F)(F)F)sc2c1CCCC2. The second-order valence-electron chi connectivity index (χ2n) is 9.26. The zero-order valence-electron chi connectivity index (χ0n) is 20.2. The Bertz CT molecular complexity index is 1300. The molecule has 2 aromatic heterocycles. The number of ether oxygens (including phenoxy) is 1. The number of hydrogen-bond acceptors (Lipinski definition) is 6. The number of thiophene rings is 1. The van der Waals surface area contributed by atoms with E-state index in [1.807, 2.05) is 6.92 Å². The highest BCUT2D eigenvalue weighted by molar-refractivity contribution is 7.17. The summed E-state index contributed by atoms with van der Waals surface area (Å²) in [6.45, 7) is 2.16. The number of esters is 1. The first-order chi connectivity index (χ1) is 17.8. The normalized spacial score (nSPS) is 18.9. The van der Waals surface area contributed by atoms with Crippen LogP contribution in [0.5, 0.6) is 0 Å². The Hall–Kier alpha value is -3.34. The standard InChI is InChI=1S/C26H27F3N4O3S/c1-2-12-36-25(35)21-16-10-6-7-11-19(16)37-24(21)32-23(34)17-14-30-33-20(26(27,28)29)13-18(31-22(17)33)15-8-4-3-5-9-15/h3-5,8-9,14,18,20,31H,2,6-7,10-13H2,1H3,(H,32,34). The fourth-order valence-corrected chi connectivity index (χ4v) is 6.21. The largest absolute Gasteiger partial charge is 0.462 e. The molecule has 0 spiro atoms. The van der Waals surface area contributed by atoms with E-state index in [4.69, 9.17) is 4.74 Å². The number of carbonyl (C=O) groups is 2. The molecule has 0 fully saturated rings. The molecule has 2 aliphatic rings. The number of anilines is 2. The highest BCUT2D eigenvalue weighted by Gasteiger charge is 2.47. The van der Waals surface area contributed by atoms with Crippen LogP contribution in [0, 0.1) is 0 Å². The van der Waals surface area contributed by atoms with Gasteiger partial charge in [-0.3, -0.25) is 4.79 Å². The number of aryl methyl sites for hydroxylation is 1. The minimum absolute atomic E-state index is 0.00337. The molecular formula is C26H27F3N4O3S. The number of alkyl halides is 3. The van der Waals surface area contributed by atoms with E-state index < -0.39 is 30.1 Å². The van der Waals surface area contributed by atoms with Crippen LogP contribution in [0.4, 0.5) is 24.0 Å². The predicted molar refractivity (Wildman–Crippen MR) is 134 cm³/mol. The van der Waals surface area contributed by atoms with Crippen molar-refractivity contribution in [1.29, 1.82) is 0 Å². The topological polar surface area (TPSA) is 85.2 Å². The maximum Gasteiger partial charge on any atom is 0.410 e. The van der Waals surface area contributed by atoms with Crippen LogP contribution >= 0.6 is 11.3 Å². The lowest BCUT2D eigenvalue weighted by Crippen LogP contribution is -2.36. The average Bonchev–Trinajstić information content (AvgIpc) is 3.47. The fourth-order valence-electron chi connectivity index (χ4n) is 4.94. The third-order valence-corrected chi connectivity index (χ3v) is 7.93. The molecule has 0 saturated heterocycles. The number of fused-ring (bicyclic) bond motifs is 2. The van der Waals surface area contributed by atoms with Crippen LogP contribution < -0.4 is 10.6 Å². The summed E-state index contributed by atoms with van der Waals surface area (Å²) in [6.07, 6.45) is 0.455. The molecule has 2 unspecified atom stereocenters. The first-order valence-electron chi connectivity index (χ1n) is 12.4. The summed E-state index contributed by atoms with van der Waals surface area (Å²) in [5.41, 5.74) is 1.91. The van der Waals surface area contributed by atoms with Crippen LogP contribution in [0.15, 0.2) is 36.5 Å². The van der Waals surface area contributed by atoms with Gasteiger partial charge in [-0.15, -0.1) is 11.3 Å². The molecule has 3 heterocycles. The number of aromatic nitrogens is 2. The van der Waals surface area contributed by atoms with Gasteiger partial charge < -0.3 is 15.4 Å². The Labute approximate surface area is 216 Å². The molecule has 0 bridgehead atoms. The van der Waals surface area contributed by atoms with Crippen molar-refractivity contribution >= 4 is 34.0 Å². The zero-order valence-corrected chi connectivity index (χ0v) is 21.0. The molecule has 2 atom stereocenters. The molecule has 5 rings (SSSR count). The van der Waals surface area contributed by atoms with E-state index >= 15 is 0 Å². The third-order valence-electron chi connectivity index (χ3n) is 6.72. The van der Waals surface area contributed by atoms with Crippen LogP contribution in [0.25, 0.3) is 0 Å². The van der Waals surface area contributed by atoms with Gasteiger partial charge >= 0.3 is 12.1 Å². The van der Waals surface area contributed by atoms with Crippen molar-refractivity contribution in [2.75, 3.05) is 17.2 Å². The van der Waals surface area contributed by atoms with E-state index in [-0.39, 0.29) is 24.4 Å². The molecule has 1 amide bonds. The van der Waals surface area contributed by atoms with Gasteiger partial charge in [0.1, 0.15) is 16.4 Å². The van der Waals surface area contributed by atoms with Crippen molar-refractivity contribution in [3.05, 3.63) is 63.7 Å². The minimum atomic E-state index is -4.55. The molecule has 11 heteroatoms. The van der Waals surface area contributed by atoms with E-state index in [1.165, 1.54) is 11.3 Å². The summed E-state index contributed by atoms with van der Waals surface area (Å²) in [4.78, 5) is 27.3. The number of halogens is 3. The van der Waals surface area contributed by atoms with Crippen LogP contribution in [0.3, 0.4) is 0 Å². The summed E-state index contributed by atoms with van der Waals surface area (Å²) in [6, 6.07) is 6.28. The number of rotatable bonds is 6. The Morgan fingerprint density at radius 3 is 2.70 bits per heavy atom. The van der Waals surface area contributed by atoms with Gasteiger partial charge in [0.2, 0.25) is 0 Å².